The maximum absolute atomic E-state index is 12.7. The number of carbonyl (C=O) groups excluding carboxylic acids is 1. The van der Waals surface area contributed by atoms with Gasteiger partial charge in [0.05, 0.1) is 34.2 Å². The van der Waals surface area contributed by atoms with Gasteiger partial charge in [-0.25, -0.2) is 24.5 Å². The van der Waals surface area contributed by atoms with Crippen LogP contribution in [0.2, 0.25) is 0 Å². The molecule has 2 saturated heterocycles. The van der Waals surface area contributed by atoms with Crippen molar-refractivity contribution in [1.29, 1.82) is 0 Å². The minimum absolute atomic E-state index is 0.0106. The summed E-state index contributed by atoms with van der Waals surface area (Å²) in [6, 6.07) is 15.4. The van der Waals surface area contributed by atoms with Crippen molar-refractivity contribution in [3.05, 3.63) is 84.8 Å². The zero-order valence-corrected chi connectivity index (χ0v) is 27.4. The molecule has 7 heterocycles. The average Bonchev–Trinajstić information content (AvgIpc) is 3.55. The Morgan fingerprint density at radius 3 is 1.76 bits per heavy atom. The van der Waals surface area contributed by atoms with E-state index in [1.165, 1.54) is 22.5 Å². The topological polar surface area (TPSA) is 193 Å². The van der Waals surface area contributed by atoms with Crippen molar-refractivity contribution in [2.75, 3.05) is 53.7 Å². The molecule has 50 heavy (non-hydrogen) atoms. The Labute approximate surface area is 283 Å². The van der Waals surface area contributed by atoms with Crippen LogP contribution in [0.4, 0.5) is 35.4 Å². The third-order valence-electron chi connectivity index (χ3n) is 7.37. The number of pyridine rings is 5. The van der Waals surface area contributed by atoms with Gasteiger partial charge in [0, 0.05) is 44.8 Å². The molecule has 7 rings (SSSR count). The van der Waals surface area contributed by atoms with Crippen LogP contribution in [0.25, 0.3) is 22.1 Å². The van der Waals surface area contributed by atoms with Gasteiger partial charge >= 0.3 is 32.7 Å². The first kappa shape index (κ1) is 34.5. The monoisotopic (exact) mass is 732 g/mol. The first-order valence-corrected chi connectivity index (χ1v) is 17.6. The van der Waals surface area contributed by atoms with Gasteiger partial charge in [-0.3, -0.25) is 14.7 Å². The fourth-order valence-electron chi connectivity index (χ4n) is 4.91. The molecule has 0 bridgehead atoms. The molecule has 16 nitrogen and oxygen atoms in total. The van der Waals surface area contributed by atoms with Crippen LogP contribution in [0.15, 0.2) is 79.3 Å². The standard InChI is InChI=1S/C18H17F3N6O2S.C11H10N4O4S/c19-18(20,21)13-3-6-17(23-12-13)26-8-10-27(11-9-26)30(28,29)25-16-5-4-14-15(24-16)2-1-7-22-14;16-11-15(6-7-19-11)20(17,18)14-10-4-3-8-9(13-10)2-1-5-12-8/h1-7,12H,8-11H2,(H,24,25);1-5H,6-7H2,(H,13,14). The van der Waals surface area contributed by atoms with Crippen LogP contribution in [-0.2, 0) is 31.3 Å². The van der Waals surface area contributed by atoms with Gasteiger partial charge in [0.15, 0.2) is 0 Å². The molecule has 0 aromatic carbocycles. The van der Waals surface area contributed by atoms with Gasteiger partial charge in [-0.05, 0) is 60.7 Å². The molecule has 21 heteroatoms. The van der Waals surface area contributed by atoms with E-state index >= 15 is 0 Å². The molecular formula is C29H27F3N10O6S2. The van der Waals surface area contributed by atoms with Crippen LogP contribution in [0.1, 0.15) is 5.56 Å². The molecule has 262 valence electrons. The molecule has 2 fully saturated rings. The zero-order chi connectivity index (χ0) is 35.5. The minimum atomic E-state index is -4.45. The summed E-state index contributed by atoms with van der Waals surface area (Å²) < 4.78 is 98.6. The van der Waals surface area contributed by atoms with E-state index in [2.05, 4.69) is 39.1 Å². The van der Waals surface area contributed by atoms with Crippen molar-refractivity contribution >= 4 is 66.0 Å². The van der Waals surface area contributed by atoms with Crippen LogP contribution >= 0.6 is 0 Å². The van der Waals surface area contributed by atoms with Crippen molar-refractivity contribution in [3.8, 4) is 0 Å². The second-order valence-corrected chi connectivity index (χ2v) is 13.9. The number of aromatic nitrogens is 5. The molecule has 2 N–H and O–H groups in total. The summed E-state index contributed by atoms with van der Waals surface area (Å²) in [5.41, 5.74) is 1.59. The Balaban J connectivity index is 0.000000187. The van der Waals surface area contributed by atoms with Gasteiger partial charge in [-0.15, -0.1) is 0 Å². The molecule has 2 aliphatic rings. The van der Waals surface area contributed by atoms with E-state index in [9.17, 15) is 34.8 Å². The third kappa shape index (κ3) is 7.90. The lowest BCUT2D eigenvalue weighted by Crippen LogP contribution is -2.50. The fraction of sp³-hybridized carbons (Fsp3) is 0.241. The highest BCUT2D eigenvalue weighted by Crippen LogP contribution is 2.29. The smallest absolute Gasteiger partial charge is 0.425 e. The van der Waals surface area contributed by atoms with Crippen molar-refractivity contribution in [2.45, 2.75) is 6.18 Å². The number of cyclic esters (lactones) is 1. The van der Waals surface area contributed by atoms with E-state index in [1.54, 1.807) is 53.7 Å². The quantitative estimate of drug-likeness (QED) is 0.249. The number of rotatable bonds is 7. The summed E-state index contributed by atoms with van der Waals surface area (Å²) in [4.78, 5) is 33.5. The summed E-state index contributed by atoms with van der Waals surface area (Å²) in [6.45, 7) is 0.959. The van der Waals surface area contributed by atoms with Gasteiger partial charge in [-0.2, -0.15) is 38.6 Å². The lowest BCUT2D eigenvalue weighted by atomic mass is 10.2. The number of anilines is 3. The third-order valence-corrected chi connectivity index (χ3v) is 10.3. The number of alkyl halides is 3. The van der Waals surface area contributed by atoms with Gasteiger partial charge < -0.3 is 9.64 Å². The second-order valence-electron chi connectivity index (χ2n) is 10.7. The molecule has 1 amide bonds. The zero-order valence-electron chi connectivity index (χ0n) is 25.7. The molecule has 0 atom stereocenters. The van der Waals surface area contributed by atoms with E-state index in [1.807, 2.05) is 0 Å². The first-order valence-electron chi connectivity index (χ1n) is 14.8. The normalized spacial score (nSPS) is 15.8. The van der Waals surface area contributed by atoms with Crippen LogP contribution in [-0.4, -0.2) is 95.8 Å². The van der Waals surface area contributed by atoms with Crippen LogP contribution in [0, 0.1) is 0 Å². The molecule has 0 unspecified atom stereocenters. The summed E-state index contributed by atoms with van der Waals surface area (Å²) in [7, 11) is -7.84. The van der Waals surface area contributed by atoms with Crippen molar-refractivity contribution in [1.82, 2.24) is 33.5 Å². The number of carbonyl (C=O) groups is 1. The minimum Gasteiger partial charge on any atom is -0.447 e. The predicted octanol–water partition coefficient (Wildman–Crippen LogP) is 3.26. The van der Waals surface area contributed by atoms with Gasteiger partial charge in [0.25, 0.3) is 0 Å². The fourth-order valence-corrected chi connectivity index (χ4v) is 7.11. The van der Waals surface area contributed by atoms with E-state index < -0.39 is 38.3 Å². The largest absolute Gasteiger partial charge is 0.447 e. The van der Waals surface area contributed by atoms with Crippen LogP contribution < -0.4 is 14.3 Å². The van der Waals surface area contributed by atoms with Crippen LogP contribution in [0.5, 0.6) is 0 Å². The first-order chi connectivity index (χ1) is 23.8. The van der Waals surface area contributed by atoms with Crippen molar-refractivity contribution < 1.29 is 39.5 Å². The second kappa shape index (κ2) is 13.8. The number of amides is 1. The number of ether oxygens (including phenoxy) is 1. The number of hydrogen-bond donors (Lipinski definition) is 2. The molecular weight excluding hydrogens is 706 g/mol. The Morgan fingerprint density at radius 2 is 1.26 bits per heavy atom. The average molecular weight is 733 g/mol. The Morgan fingerprint density at radius 1 is 0.680 bits per heavy atom. The summed E-state index contributed by atoms with van der Waals surface area (Å²) in [5, 5.41) is 0. The number of fused-ring (bicyclic) bond motifs is 2. The Hall–Kier alpha value is -5.41. The summed E-state index contributed by atoms with van der Waals surface area (Å²) >= 11 is 0. The van der Waals surface area contributed by atoms with E-state index in [0.717, 1.165) is 12.3 Å². The molecule has 0 saturated carbocycles. The summed E-state index contributed by atoms with van der Waals surface area (Å²) in [5.74, 6) is 0.671. The Kier molecular flexibility index (Phi) is 9.54. The van der Waals surface area contributed by atoms with Crippen molar-refractivity contribution in [2.24, 2.45) is 0 Å². The number of piperazine rings is 1. The highest BCUT2D eigenvalue weighted by atomic mass is 32.2. The number of halogens is 3. The lowest BCUT2D eigenvalue weighted by molar-refractivity contribution is -0.137. The maximum Gasteiger partial charge on any atom is 0.425 e. The van der Waals surface area contributed by atoms with Gasteiger partial charge in [0.2, 0.25) is 0 Å². The number of hydrogen-bond acceptors (Lipinski definition) is 12. The Bertz CT molecular complexity index is 2240. The molecule has 2 aliphatic heterocycles. The van der Waals surface area contributed by atoms with E-state index in [4.69, 9.17) is 0 Å². The van der Waals surface area contributed by atoms with Gasteiger partial charge in [0.1, 0.15) is 24.1 Å². The number of nitrogens with one attached hydrogen (secondary N) is 2. The SMILES string of the molecule is O=C1OCCN1S(=O)(=O)Nc1ccc2ncccc2n1.O=S(=O)(Nc1ccc2ncccc2n1)N1CCN(c2ccc(C(F)(F)F)cn2)CC1. The molecule has 0 aliphatic carbocycles. The summed E-state index contributed by atoms with van der Waals surface area (Å²) in [6.07, 6.45) is -1.32. The molecule has 0 spiro atoms. The lowest BCUT2D eigenvalue weighted by Gasteiger charge is -2.34. The highest BCUT2D eigenvalue weighted by Gasteiger charge is 2.34. The molecule has 5 aromatic rings. The van der Waals surface area contributed by atoms with Gasteiger partial charge in [-0.1, -0.05) is 0 Å². The molecule has 0 radical (unpaired) electrons. The highest BCUT2D eigenvalue weighted by molar-refractivity contribution is 7.91. The van der Waals surface area contributed by atoms with Crippen LogP contribution in [0.3, 0.4) is 0 Å². The van der Waals surface area contributed by atoms with E-state index in [-0.39, 0.29) is 37.9 Å². The van der Waals surface area contributed by atoms with E-state index in [0.29, 0.717) is 45.3 Å². The maximum atomic E-state index is 12.7. The molecule has 5 aromatic heterocycles. The number of nitrogens with zero attached hydrogens (tertiary/aromatic N) is 8. The predicted molar refractivity (Wildman–Crippen MR) is 175 cm³/mol. The van der Waals surface area contributed by atoms with Crippen molar-refractivity contribution in [3.63, 3.8) is 0 Å².